The van der Waals surface area contributed by atoms with E-state index < -0.39 is 11.5 Å². The van der Waals surface area contributed by atoms with Crippen molar-refractivity contribution in [1.82, 2.24) is 15.1 Å². The normalized spacial score (nSPS) is 22.3. The van der Waals surface area contributed by atoms with Crippen LogP contribution in [0, 0.1) is 5.92 Å². The Kier molecular flexibility index (Phi) is 5.22. The van der Waals surface area contributed by atoms with Crippen molar-refractivity contribution in [2.45, 2.75) is 38.6 Å². The molecule has 120 valence electrons. The van der Waals surface area contributed by atoms with Crippen LogP contribution in [-0.2, 0) is 9.59 Å². The first kappa shape index (κ1) is 16.2. The van der Waals surface area contributed by atoms with E-state index in [9.17, 15) is 9.59 Å². The molecule has 0 aromatic carbocycles. The predicted octanol–water partition coefficient (Wildman–Crippen LogP) is 0.384. The fourth-order valence-corrected chi connectivity index (χ4v) is 3.33. The van der Waals surface area contributed by atoms with Gasteiger partial charge in [-0.05, 0) is 32.6 Å². The molecule has 6 heteroatoms. The maximum Gasteiger partial charge on any atom is 0.303 e. The molecule has 2 heterocycles. The topological polar surface area (TPSA) is 72.9 Å². The highest BCUT2D eigenvalue weighted by Gasteiger charge is 2.39. The molecular formula is C15H27N3O3. The molecule has 0 aromatic rings. The highest BCUT2D eigenvalue weighted by atomic mass is 16.4. The van der Waals surface area contributed by atoms with Gasteiger partial charge >= 0.3 is 5.97 Å². The number of carbonyl (C=O) groups is 2. The first-order valence-corrected chi connectivity index (χ1v) is 7.88. The molecule has 0 atom stereocenters. The van der Waals surface area contributed by atoms with Crippen molar-refractivity contribution in [2.24, 2.45) is 5.92 Å². The zero-order valence-electron chi connectivity index (χ0n) is 13.1. The summed E-state index contributed by atoms with van der Waals surface area (Å²) in [6.45, 7) is 9.03. The molecule has 0 aliphatic carbocycles. The fourth-order valence-electron chi connectivity index (χ4n) is 3.33. The summed E-state index contributed by atoms with van der Waals surface area (Å²) in [5, 5.41) is 12.2. The van der Waals surface area contributed by atoms with Crippen LogP contribution in [0.2, 0.25) is 0 Å². The maximum atomic E-state index is 12.8. The second-order valence-electron chi connectivity index (χ2n) is 6.63. The fraction of sp³-hybridized carbons (Fsp3) is 0.867. The summed E-state index contributed by atoms with van der Waals surface area (Å²) in [4.78, 5) is 27.7. The third kappa shape index (κ3) is 3.95. The average molecular weight is 297 g/mol. The number of hydrogen-bond acceptors (Lipinski definition) is 4. The summed E-state index contributed by atoms with van der Waals surface area (Å²) in [7, 11) is 0. The van der Waals surface area contributed by atoms with Gasteiger partial charge in [-0.3, -0.25) is 14.5 Å². The number of piperidine rings is 1. The minimum absolute atomic E-state index is 0.179. The molecule has 0 unspecified atom stereocenters. The number of likely N-dealkylation sites (tertiary alicyclic amines) is 1. The van der Waals surface area contributed by atoms with Gasteiger partial charge < -0.3 is 15.3 Å². The number of hydrogen-bond donors (Lipinski definition) is 2. The van der Waals surface area contributed by atoms with Crippen LogP contribution < -0.4 is 5.32 Å². The van der Waals surface area contributed by atoms with E-state index in [1.807, 2.05) is 18.7 Å². The van der Waals surface area contributed by atoms with E-state index in [2.05, 4.69) is 10.2 Å². The van der Waals surface area contributed by atoms with Gasteiger partial charge in [0, 0.05) is 45.7 Å². The molecule has 21 heavy (non-hydrogen) atoms. The van der Waals surface area contributed by atoms with E-state index in [1.165, 1.54) is 0 Å². The highest BCUT2D eigenvalue weighted by molar-refractivity contribution is 5.85. The van der Waals surface area contributed by atoms with E-state index in [0.717, 1.165) is 39.0 Å². The second kappa shape index (κ2) is 6.75. The van der Waals surface area contributed by atoms with Crippen LogP contribution in [0.25, 0.3) is 0 Å². The molecule has 6 nitrogen and oxygen atoms in total. The molecular weight excluding hydrogens is 270 g/mol. The van der Waals surface area contributed by atoms with Crippen molar-refractivity contribution in [3.05, 3.63) is 0 Å². The summed E-state index contributed by atoms with van der Waals surface area (Å²) in [6, 6.07) is 0. The third-order valence-corrected chi connectivity index (χ3v) is 4.80. The summed E-state index contributed by atoms with van der Waals surface area (Å²) in [5.41, 5.74) is -0.471. The number of nitrogens with one attached hydrogen (secondary N) is 1. The van der Waals surface area contributed by atoms with Crippen molar-refractivity contribution in [3.8, 4) is 0 Å². The van der Waals surface area contributed by atoms with Crippen LogP contribution in [0.15, 0.2) is 0 Å². The van der Waals surface area contributed by atoms with Gasteiger partial charge in [-0.2, -0.15) is 0 Å². The molecule has 0 radical (unpaired) electrons. The lowest BCUT2D eigenvalue weighted by atomic mass is 9.91. The molecule has 2 fully saturated rings. The Morgan fingerprint density at radius 3 is 2.24 bits per heavy atom. The summed E-state index contributed by atoms with van der Waals surface area (Å²) in [5.74, 6) is -0.340. The molecule has 0 aromatic heterocycles. The third-order valence-electron chi connectivity index (χ3n) is 4.80. The monoisotopic (exact) mass is 297 g/mol. The standard InChI is InChI=1S/C15H27N3O3/c1-15(2,18-9-5-16-6-10-18)14(21)17-7-3-12(4-8-17)11-13(19)20/h12,16H,3-11H2,1-2H3,(H,19,20). The number of carboxylic acids is 1. The predicted molar refractivity (Wildman–Crippen MR) is 80.1 cm³/mol. The second-order valence-corrected chi connectivity index (χ2v) is 6.63. The number of nitrogens with zero attached hydrogens (tertiary/aromatic N) is 2. The van der Waals surface area contributed by atoms with Crippen LogP contribution in [-0.4, -0.2) is 71.6 Å². The lowest BCUT2D eigenvalue weighted by molar-refractivity contribution is -0.145. The zero-order chi connectivity index (χ0) is 15.5. The first-order valence-electron chi connectivity index (χ1n) is 7.88. The maximum absolute atomic E-state index is 12.8. The van der Waals surface area contributed by atoms with Crippen LogP contribution in [0.5, 0.6) is 0 Å². The van der Waals surface area contributed by atoms with Gasteiger partial charge in [-0.25, -0.2) is 0 Å². The lowest BCUT2D eigenvalue weighted by Crippen LogP contribution is -2.61. The molecule has 1 amide bonds. The van der Waals surface area contributed by atoms with Crippen LogP contribution in [0.3, 0.4) is 0 Å². The van der Waals surface area contributed by atoms with E-state index >= 15 is 0 Å². The quantitative estimate of drug-likeness (QED) is 0.785. The molecule has 2 saturated heterocycles. The Morgan fingerprint density at radius 1 is 1.14 bits per heavy atom. The van der Waals surface area contributed by atoms with Crippen molar-refractivity contribution in [1.29, 1.82) is 0 Å². The van der Waals surface area contributed by atoms with Crippen molar-refractivity contribution >= 4 is 11.9 Å². The van der Waals surface area contributed by atoms with Crippen LogP contribution >= 0.6 is 0 Å². The number of aliphatic carboxylic acids is 1. The highest BCUT2D eigenvalue weighted by Crippen LogP contribution is 2.25. The van der Waals surface area contributed by atoms with Crippen LogP contribution in [0.4, 0.5) is 0 Å². The number of amides is 1. The van der Waals surface area contributed by atoms with Crippen molar-refractivity contribution in [3.63, 3.8) is 0 Å². The van der Waals surface area contributed by atoms with Gasteiger partial charge in [-0.15, -0.1) is 0 Å². The van der Waals surface area contributed by atoms with Crippen molar-refractivity contribution < 1.29 is 14.7 Å². The van der Waals surface area contributed by atoms with Gasteiger partial charge in [-0.1, -0.05) is 0 Å². The Labute approximate surface area is 126 Å². The lowest BCUT2D eigenvalue weighted by Gasteiger charge is -2.44. The number of carboxylic acid groups (broad SMARTS) is 1. The SMILES string of the molecule is CC(C)(C(=O)N1CCC(CC(=O)O)CC1)N1CCNCC1. The van der Waals surface area contributed by atoms with Gasteiger partial charge in [0.15, 0.2) is 0 Å². The molecule has 0 bridgehead atoms. The minimum atomic E-state index is -0.735. The molecule has 2 aliphatic rings. The summed E-state index contributed by atoms with van der Waals surface area (Å²) >= 11 is 0. The largest absolute Gasteiger partial charge is 0.481 e. The number of rotatable bonds is 4. The van der Waals surface area contributed by atoms with E-state index in [0.29, 0.717) is 13.1 Å². The number of carbonyl (C=O) groups excluding carboxylic acids is 1. The summed E-state index contributed by atoms with van der Waals surface area (Å²) < 4.78 is 0. The van der Waals surface area contributed by atoms with E-state index in [4.69, 9.17) is 5.11 Å². The molecule has 2 N–H and O–H groups in total. The zero-order valence-corrected chi connectivity index (χ0v) is 13.1. The Morgan fingerprint density at radius 2 is 1.71 bits per heavy atom. The van der Waals surface area contributed by atoms with E-state index in [1.54, 1.807) is 0 Å². The van der Waals surface area contributed by atoms with Gasteiger partial charge in [0.25, 0.3) is 0 Å². The minimum Gasteiger partial charge on any atom is -0.481 e. The molecule has 0 spiro atoms. The Hall–Kier alpha value is -1.14. The number of piperazine rings is 1. The Balaban J connectivity index is 1.89. The molecule has 2 rings (SSSR count). The summed E-state index contributed by atoms with van der Waals surface area (Å²) in [6.07, 6.45) is 1.83. The smallest absolute Gasteiger partial charge is 0.303 e. The average Bonchev–Trinajstić information content (AvgIpc) is 2.47. The van der Waals surface area contributed by atoms with Gasteiger partial charge in [0.05, 0.1) is 5.54 Å². The van der Waals surface area contributed by atoms with Gasteiger partial charge in [0.2, 0.25) is 5.91 Å². The van der Waals surface area contributed by atoms with Crippen LogP contribution in [0.1, 0.15) is 33.1 Å². The Bertz CT molecular complexity index is 384. The molecule has 2 aliphatic heterocycles. The van der Waals surface area contributed by atoms with Crippen molar-refractivity contribution in [2.75, 3.05) is 39.3 Å². The first-order chi connectivity index (χ1) is 9.91. The van der Waals surface area contributed by atoms with E-state index in [-0.39, 0.29) is 18.2 Å². The molecule has 0 saturated carbocycles. The van der Waals surface area contributed by atoms with Gasteiger partial charge in [0.1, 0.15) is 0 Å².